The molecule has 0 bridgehead atoms. The van der Waals surface area contributed by atoms with E-state index in [4.69, 9.17) is 9.47 Å². The second-order valence-corrected chi connectivity index (χ2v) is 9.44. The average Bonchev–Trinajstić information content (AvgIpc) is 2.85. The number of hydrogen-bond donors (Lipinski definition) is 0. The summed E-state index contributed by atoms with van der Waals surface area (Å²) in [5, 5.41) is 1.59. The summed E-state index contributed by atoms with van der Waals surface area (Å²) in [5.41, 5.74) is 1.11. The van der Waals surface area contributed by atoms with Crippen molar-refractivity contribution in [2.45, 2.75) is 41.4 Å². The van der Waals surface area contributed by atoms with Gasteiger partial charge in [0.05, 0.1) is 49.9 Å². The fraction of sp³-hybridized carbons (Fsp3) is 0.273. The molecule has 1 aliphatic heterocycles. The lowest BCUT2D eigenvalue weighted by molar-refractivity contribution is -0.0578. The lowest BCUT2D eigenvalue weighted by Crippen LogP contribution is -2.33. The maximum atomic E-state index is 12.7. The summed E-state index contributed by atoms with van der Waals surface area (Å²) in [6.45, 7) is 0.515. The van der Waals surface area contributed by atoms with Crippen LogP contribution >= 0.6 is 0 Å². The maximum Gasteiger partial charge on any atom is 0.128 e. The number of fused-ring (bicyclic) bond motifs is 1. The summed E-state index contributed by atoms with van der Waals surface area (Å²) in [6, 6.07) is 17.2. The first-order valence-electron chi connectivity index (χ1n) is 9.26. The van der Waals surface area contributed by atoms with Crippen LogP contribution in [0.15, 0.2) is 87.7 Å². The Morgan fingerprint density at radius 2 is 1.54 bits per heavy atom. The summed E-state index contributed by atoms with van der Waals surface area (Å²) in [7, 11) is -2.65. The fourth-order valence-corrected chi connectivity index (χ4v) is 6.03. The number of rotatable bonds is 5. The van der Waals surface area contributed by atoms with Gasteiger partial charge in [0.2, 0.25) is 0 Å². The van der Waals surface area contributed by atoms with Gasteiger partial charge in [0, 0.05) is 11.8 Å². The molecule has 0 N–H and O–H groups in total. The molecule has 0 unspecified atom stereocenters. The van der Waals surface area contributed by atoms with Crippen LogP contribution in [0.5, 0.6) is 0 Å². The van der Waals surface area contributed by atoms with Crippen molar-refractivity contribution in [3.8, 4) is 0 Å². The van der Waals surface area contributed by atoms with Crippen molar-refractivity contribution in [2.24, 2.45) is 0 Å². The van der Waals surface area contributed by atoms with E-state index in [0.29, 0.717) is 28.6 Å². The first-order valence-corrected chi connectivity index (χ1v) is 11.8. The van der Waals surface area contributed by atoms with E-state index in [1.54, 1.807) is 17.5 Å². The van der Waals surface area contributed by atoms with Crippen LogP contribution < -0.4 is 0 Å². The molecule has 1 aliphatic carbocycles. The van der Waals surface area contributed by atoms with Crippen molar-refractivity contribution in [2.75, 3.05) is 5.75 Å². The zero-order valence-corrected chi connectivity index (χ0v) is 17.0. The quantitative estimate of drug-likeness (QED) is 0.692. The van der Waals surface area contributed by atoms with Crippen LogP contribution in [-0.2, 0) is 37.7 Å². The van der Waals surface area contributed by atoms with Gasteiger partial charge in [-0.1, -0.05) is 54.6 Å². The standard InChI is InChI=1S/C22H22O4S2/c23-27-15-18(16-28(24)22-13-7-6-12-21(22)27)26-20-11-5-4-10-19(20)25-14-17-8-2-1-3-9-17/h1-9,12-13,15,19-20H,10-11,14,16H2/t19-,20+,27+,28+/m1/s1. The Hall–Kier alpha value is -2.02. The summed E-state index contributed by atoms with van der Waals surface area (Å²) in [6.07, 6.45) is 5.37. The van der Waals surface area contributed by atoms with Crippen molar-refractivity contribution >= 4 is 21.6 Å². The molecule has 0 saturated heterocycles. The van der Waals surface area contributed by atoms with Gasteiger partial charge >= 0.3 is 0 Å². The Labute approximate surface area is 170 Å². The highest BCUT2D eigenvalue weighted by Crippen LogP contribution is 2.28. The molecule has 2 aliphatic rings. The Morgan fingerprint density at radius 1 is 0.857 bits per heavy atom. The Bertz CT molecular complexity index is 937. The number of benzene rings is 2. The van der Waals surface area contributed by atoms with Gasteiger partial charge in [-0.15, -0.1) is 0 Å². The molecule has 2 aromatic rings. The van der Waals surface area contributed by atoms with E-state index in [2.05, 4.69) is 12.2 Å². The summed E-state index contributed by atoms with van der Waals surface area (Å²) < 4.78 is 37.7. The van der Waals surface area contributed by atoms with Gasteiger partial charge in [0.25, 0.3) is 0 Å². The molecule has 0 fully saturated rings. The van der Waals surface area contributed by atoms with Gasteiger partial charge in [0.15, 0.2) is 0 Å². The zero-order valence-electron chi connectivity index (χ0n) is 15.4. The van der Waals surface area contributed by atoms with E-state index in [1.807, 2.05) is 42.5 Å². The molecule has 1 heterocycles. The lowest BCUT2D eigenvalue weighted by Gasteiger charge is -2.30. The molecule has 0 aromatic heterocycles. The van der Waals surface area contributed by atoms with Crippen LogP contribution in [0, 0.1) is 0 Å². The molecule has 4 nitrogen and oxygen atoms in total. The van der Waals surface area contributed by atoms with Crippen molar-refractivity contribution in [3.63, 3.8) is 0 Å². The first-order chi connectivity index (χ1) is 13.7. The molecule has 6 heteroatoms. The number of hydrogen-bond acceptors (Lipinski definition) is 4. The third kappa shape index (κ3) is 4.51. The fourth-order valence-electron chi connectivity index (χ4n) is 3.33. The molecule has 0 amide bonds. The van der Waals surface area contributed by atoms with Crippen LogP contribution in [0.2, 0.25) is 0 Å². The maximum absolute atomic E-state index is 12.7. The molecule has 0 saturated carbocycles. The Morgan fingerprint density at radius 3 is 2.32 bits per heavy atom. The van der Waals surface area contributed by atoms with Gasteiger partial charge < -0.3 is 9.47 Å². The molecule has 4 rings (SSSR count). The SMILES string of the molecule is O=[S@]1C=C(O[C@H]2CC=CC[C@H]2OCc2ccccc2)C[S@](=O)c2ccccc21. The zero-order chi connectivity index (χ0) is 19.3. The average molecular weight is 415 g/mol. The third-order valence-corrected chi connectivity index (χ3v) is 7.54. The monoisotopic (exact) mass is 414 g/mol. The van der Waals surface area contributed by atoms with E-state index in [1.165, 1.54) is 0 Å². The second kappa shape index (κ2) is 8.99. The van der Waals surface area contributed by atoms with Crippen LogP contribution in [0.1, 0.15) is 18.4 Å². The molecular formula is C22H22O4S2. The number of ether oxygens (including phenoxy) is 2. The molecule has 146 valence electrons. The molecule has 28 heavy (non-hydrogen) atoms. The minimum absolute atomic E-state index is 0.0985. The smallest absolute Gasteiger partial charge is 0.128 e. The van der Waals surface area contributed by atoms with Crippen molar-refractivity contribution < 1.29 is 17.9 Å². The Kier molecular flexibility index (Phi) is 6.20. The van der Waals surface area contributed by atoms with Crippen LogP contribution in [0.3, 0.4) is 0 Å². The summed E-state index contributed by atoms with van der Waals surface area (Å²) in [5.74, 6) is 0.746. The van der Waals surface area contributed by atoms with Crippen molar-refractivity contribution in [3.05, 3.63) is 83.5 Å². The highest BCUT2D eigenvalue weighted by molar-refractivity contribution is 7.90. The first kappa shape index (κ1) is 19.3. The predicted octanol–water partition coefficient (Wildman–Crippen LogP) is 4.08. The van der Waals surface area contributed by atoms with E-state index >= 15 is 0 Å². The summed E-state index contributed by atoms with van der Waals surface area (Å²) in [4.78, 5) is 1.22. The van der Waals surface area contributed by atoms with Gasteiger partial charge in [-0.3, -0.25) is 4.21 Å². The van der Waals surface area contributed by atoms with Gasteiger partial charge in [-0.25, -0.2) is 4.21 Å². The molecule has 0 radical (unpaired) electrons. The van der Waals surface area contributed by atoms with Crippen molar-refractivity contribution in [1.82, 2.24) is 0 Å². The topological polar surface area (TPSA) is 52.6 Å². The van der Waals surface area contributed by atoms with Crippen LogP contribution in [0.4, 0.5) is 0 Å². The van der Waals surface area contributed by atoms with E-state index in [-0.39, 0.29) is 18.0 Å². The van der Waals surface area contributed by atoms with Gasteiger partial charge in [0.1, 0.15) is 11.9 Å². The third-order valence-electron chi connectivity index (χ3n) is 4.75. The van der Waals surface area contributed by atoms with E-state index < -0.39 is 21.6 Å². The summed E-state index contributed by atoms with van der Waals surface area (Å²) >= 11 is 0. The normalized spacial score (nSPS) is 26.8. The highest BCUT2D eigenvalue weighted by atomic mass is 32.2. The molecule has 2 aromatic carbocycles. The minimum Gasteiger partial charge on any atom is -0.490 e. The highest BCUT2D eigenvalue weighted by Gasteiger charge is 2.28. The second-order valence-electron chi connectivity index (χ2n) is 6.75. The molecule has 4 atom stereocenters. The molecule has 0 spiro atoms. The lowest BCUT2D eigenvalue weighted by atomic mass is 10.0. The minimum atomic E-state index is -1.37. The van der Waals surface area contributed by atoms with E-state index in [0.717, 1.165) is 12.0 Å². The molecular weight excluding hydrogens is 392 g/mol. The largest absolute Gasteiger partial charge is 0.490 e. The predicted molar refractivity (Wildman–Crippen MR) is 110 cm³/mol. The van der Waals surface area contributed by atoms with Crippen LogP contribution in [-0.4, -0.2) is 26.4 Å². The van der Waals surface area contributed by atoms with Gasteiger partial charge in [-0.2, -0.15) is 0 Å². The van der Waals surface area contributed by atoms with E-state index in [9.17, 15) is 8.42 Å². The van der Waals surface area contributed by atoms with Crippen molar-refractivity contribution in [1.29, 1.82) is 0 Å². The van der Waals surface area contributed by atoms with Gasteiger partial charge in [-0.05, 0) is 24.1 Å². The Balaban J connectivity index is 1.47. The van der Waals surface area contributed by atoms with Crippen LogP contribution in [0.25, 0.3) is 0 Å².